The minimum Gasteiger partial charge on any atom is -0.504 e. The van der Waals surface area contributed by atoms with Crippen LogP contribution in [0.25, 0.3) is 0 Å². The van der Waals surface area contributed by atoms with Crippen molar-refractivity contribution in [1.82, 2.24) is 0 Å². The molecular formula is C6H5ClO2S. The summed E-state index contributed by atoms with van der Waals surface area (Å²) in [7, 11) is 0. The van der Waals surface area contributed by atoms with Gasteiger partial charge in [0.1, 0.15) is 0 Å². The molecule has 0 aliphatic carbocycles. The number of rotatable bonds is 0. The molecule has 0 aromatic heterocycles. The van der Waals surface area contributed by atoms with E-state index in [1.54, 1.807) is 0 Å². The average molecular weight is 177 g/mol. The molecule has 54 valence electrons. The predicted octanol–water partition coefficient (Wildman–Crippen LogP) is 2.04. The van der Waals surface area contributed by atoms with Crippen molar-refractivity contribution < 1.29 is 10.2 Å². The van der Waals surface area contributed by atoms with E-state index in [1.807, 2.05) is 0 Å². The summed E-state index contributed by atoms with van der Waals surface area (Å²) in [6.45, 7) is 0. The van der Waals surface area contributed by atoms with Crippen LogP contribution in [0.15, 0.2) is 17.0 Å². The SMILES string of the molecule is Oc1cc(S)cc(Cl)c1O. The molecule has 0 radical (unpaired) electrons. The van der Waals surface area contributed by atoms with Gasteiger partial charge in [0.2, 0.25) is 0 Å². The van der Waals surface area contributed by atoms with E-state index < -0.39 is 0 Å². The minimum atomic E-state index is -0.306. The van der Waals surface area contributed by atoms with Crippen molar-refractivity contribution in [3.8, 4) is 11.5 Å². The number of aromatic hydroxyl groups is 2. The van der Waals surface area contributed by atoms with E-state index in [2.05, 4.69) is 12.6 Å². The van der Waals surface area contributed by atoms with Gasteiger partial charge in [-0.15, -0.1) is 12.6 Å². The van der Waals surface area contributed by atoms with E-state index in [1.165, 1.54) is 12.1 Å². The molecule has 4 heteroatoms. The third-order valence-electron chi connectivity index (χ3n) is 1.03. The summed E-state index contributed by atoms with van der Waals surface area (Å²) in [5.41, 5.74) is 0. The van der Waals surface area contributed by atoms with Gasteiger partial charge in [0.25, 0.3) is 0 Å². The Balaban J connectivity index is 3.31. The Hall–Kier alpha value is -0.540. The molecule has 0 amide bonds. The van der Waals surface area contributed by atoms with Gasteiger partial charge in [0.15, 0.2) is 11.5 Å². The zero-order valence-electron chi connectivity index (χ0n) is 4.87. The van der Waals surface area contributed by atoms with Gasteiger partial charge in [-0.3, -0.25) is 0 Å². The fourth-order valence-electron chi connectivity index (χ4n) is 0.571. The van der Waals surface area contributed by atoms with Crippen molar-refractivity contribution in [1.29, 1.82) is 0 Å². The monoisotopic (exact) mass is 176 g/mol. The molecule has 0 fully saturated rings. The Kier molecular flexibility index (Phi) is 1.97. The van der Waals surface area contributed by atoms with Gasteiger partial charge in [-0.2, -0.15) is 0 Å². The van der Waals surface area contributed by atoms with E-state index in [-0.39, 0.29) is 16.5 Å². The molecule has 0 atom stereocenters. The maximum Gasteiger partial charge on any atom is 0.176 e. The maximum absolute atomic E-state index is 8.91. The van der Waals surface area contributed by atoms with Gasteiger partial charge >= 0.3 is 0 Å². The number of hydrogen-bond acceptors (Lipinski definition) is 3. The number of benzene rings is 1. The smallest absolute Gasteiger partial charge is 0.176 e. The second-order valence-electron chi connectivity index (χ2n) is 1.80. The zero-order valence-corrected chi connectivity index (χ0v) is 6.52. The molecule has 0 aliphatic rings. The highest BCUT2D eigenvalue weighted by Gasteiger charge is 2.04. The highest BCUT2D eigenvalue weighted by molar-refractivity contribution is 7.80. The van der Waals surface area contributed by atoms with Crippen LogP contribution in [-0.4, -0.2) is 10.2 Å². The summed E-state index contributed by atoms with van der Waals surface area (Å²) in [6, 6.07) is 2.75. The number of phenolic OH excluding ortho intramolecular Hbond substituents is 2. The Morgan fingerprint density at radius 3 is 2.40 bits per heavy atom. The van der Waals surface area contributed by atoms with Gasteiger partial charge in [-0.25, -0.2) is 0 Å². The summed E-state index contributed by atoms with van der Waals surface area (Å²) in [6.07, 6.45) is 0. The van der Waals surface area contributed by atoms with Crippen LogP contribution in [0.2, 0.25) is 5.02 Å². The topological polar surface area (TPSA) is 40.5 Å². The largest absolute Gasteiger partial charge is 0.504 e. The van der Waals surface area contributed by atoms with Crippen LogP contribution < -0.4 is 0 Å². The van der Waals surface area contributed by atoms with Crippen LogP contribution in [-0.2, 0) is 0 Å². The molecule has 10 heavy (non-hydrogen) atoms. The summed E-state index contributed by atoms with van der Waals surface area (Å²) < 4.78 is 0. The summed E-state index contributed by atoms with van der Waals surface area (Å²) in [4.78, 5) is 0.514. The first kappa shape index (κ1) is 7.57. The van der Waals surface area contributed by atoms with Gasteiger partial charge < -0.3 is 10.2 Å². The highest BCUT2D eigenvalue weighted by Crippen LogP contribution is 2.34. The van der Waals surface area contributed by atoms with Crippen molar-refractivity contribution in [3.63, 3.8) is 0 Å². The molecule has 0 unspecified atom stereocenters. The molecule has 0 bridgehead atoms. The van der Waals surface area contributed by atoms with Crippen LogP contribution in [0.3, 0.4) is 0 Å². The molecule has 0 heterocycles. The van der Waals surface area contributed by atoms with Gasteiger partial charge in [0, 0.05) is 4.90 Å². The lowest BCUT2D eigenvalue weighted by atomic mass is 10.3. The Bertz CT molecular complexity index is 239. The van der Waals surface area contributed by atoms with Crippen LogP contribution >= 0.6 is 24.2 Å². The van der Waals surface area contributed by atoms with Crippen molar-refractivity contribution in [2.24, 2.45) is 0 Å². The highest BCUT2D eigenvalue weighted by atomic mass is 35.5. The molecule has 0 saturated carbocycles. The lowest BCUT2D eigenvalue weighted by Crippen LogP contribution is -1.71. The minimum absolute atomic E-state index is 0.102. The maximum atomic E-state index is 8.91. The first-order chi connectivity index (χ1) is 4.61. The predicted molar refractivity (Wildman–Crippen MR) is 42.0 cm³/mol. The summed E-state index contributed by atoms with van der Waals surface area (Å²) in [5, 5.41) is 17.9. The number of halogens is 1. The molecule has 0 spiro atoms. The third-order valence-corrected chi connectivity index (χ3v) is 1.57. The van der Waals surface area contributed by atoms with Crippen molar-refractivity contribution >= 4 is 24.2 Å². The molecule has 0 aliphatic heterocycles. The van der Waals surface area contributed by atoms with E-state index in [0.717, 1.165) is 0 Å². The molecule has 0 saturated heterocycles. The second-order valence-corrected chi connectivity index (χ2v) is 2.72. The Morgan fingerprint density at radius 1 is 1.30 bits per heavy atom. The van der Waals surface area contributed by atoms with Crippen LogP contribution in [0, 0.1) is 0 Å². The van der Waals surface area contributed by atoms with Gasteiger partial charge in [-0.05, 0) is 12.1 Å². The number of hydrogen-bond donors (Lipinski definition) is 3. The lowest BCUT2D eigenvalue weighted by Gasteiger charge is -1.99. The van der Waals surface area contributed by atoms with Gasteiger partial charge in [-0.1, -0.05) is 11.6 Å². The Morgan fingerprint density at radius 2 is 1.90 bits per heavy atom. The van der Waals surface area contributed by atoms with E-state index in [4.69, 9.17) is 21.8 Å². The zero-order chi connectivity index (χ0) is 7.72. The standard InChI is InChI=1S/C6H5ClO2S/c7-4-1-3(10)2-5(8)6(4)9/h1-2,8-10H. The summed E-state index contributed by atoms with van der Waals surface area (Å²) >= 11 is 9.38. The number of phenols is 2. The average Bonchev–Trinajstić information content (AvgIpc) is 1.82. The normalized spacial score (nSPS) is 9.80. The van der Waals surface area contributed by atoms with Crippen LogP contribution in [0.5, 0.6) is 11.5 Å². The molecule has 2 nitrogen and oxygen atoms in total. The molecule has 1 rings (SSSR count). The Labute approximate surface area is 68.5 Å². The number of thiol groups is 1. The van der Waals surface area contributed by atoms with Crippen LogP contribution in [0.1, 0.15) is 0 Å². The van der Waals surface area contributed by atoms with Crippen LogP contribution in [0.4, 0.5) is 0 Å². The first-order valence-corrected chi connectivity index (χ1v) is 3.34. The molecule has 1 aromatic rings. The molecule has 1 aromatic carbocycles. The third kappa shape index (κ3) is 1.30. The second kappa shape index (κ2) is 2.60. The van der Waals surface area contributed by atoms with E-state index in [0.29, 0.717) is 4.90 Å². The lowest BCUT2D eigenvalue weighted by molar-refractivity contribution is 0.403. The van der Waals surface area contributed by atoms with Crippen molar-refractivity contribution in [3.05, 3.63) is 17.2 Å². The fraction of sp³-hybridized carbons (Fsp3) is 0. The van der Waals surface area contributed by atoms with Gasteiger partial charge in [0.05, 0.1) is 5.02 Å². The fourth-order valence-corrected chi connectivity index (χ4v) is 1.11. The van der Waals surface area contributed by atoms with E-state index >= 15 is 0 Å². The van der Waals surface area contributed by atoms with Crippen molar-refractivity contribution in [2.75, 3.05) is 0 Å². The van der Waals surface area contributed by atoms with Crippen molar-refractivity contribution in [2.45, 2.75) is 4.90 Å². The quantitative estimate of drug-likeness (QED) is 0.418. The first-order valence-electron chi connectivity index (χ1n) is 2.51. The van der Waals surface area contributed by atoms with E-state index in [9.17, 15) is 0 Å². The molecule has 2 N–H and O–H groups in total. The summed E-state index contributed by atoms with van der Waals surface area (Å²) in [5.74, 6) is -0.558. The molecular weight excluding hydrogens is 172 g/mol.